The predicted molar refractivity (Wildman–Crippen MR) is 82.2 cm³/mol. The summed E-state index contributed by atoms with van der Waals surface area (Å²) < 4.78 is 40.7. The number of anilines is 1. The molecule has 3 rings (SSSR count). The van der Waals surface area contributed by atoms with Crippen LogP contribution in [-0.2, 0) is 10.4 Å². The number of nitrogen functional groups attached to an aromatic ring is 1. The van der Waals surface area contributed by atoms with Crippen molar-refractivity contribution in [1.29, 1.82) is 0 Å². The van der Waals surface area contributed by atoms with Crippen LogP contribution in [0, 0.1) is 12.1 Å². The molecule has 0 bridgehead atoms. The maximum Gasteiger partial charge on any atom is 1.00 e. The van der Waals surface area contributed by atoms with Gasteiger partial charge in [-0.25, -0.2) is 0 Å². The molecule has 0 atom stereocenters. The van der Waals surface area contributed by atoms with Crippen LogP contribution in [0.3, 0.4) is 0 Å². The molecule has 25 heavy (non-hydrogen) atoms. The van der Waals surface area contributed by atoms with Gasteiger partial charge in [0.1, 0.15) is 0 Å². The van der Waals surface area contributed by atoms with Crippen molar-refractivity contribution in [3.05, 3.63) is 58.8 Å². The Morgan fingerprint density at radius 1 is 1.12 bits per heavy atom. The molecule has 0 unspecified atom stereocenters. The van der Waals surface area contributed by atoms with Gasteiger partial charge in [-0.05, 0) is 5.39 Å². The van der Waals surface area contributed by atoms with Gasteiger partial charge in [0.2, 0.25) is 0 Å². The van der Waals surface area contributed by atoms with Crippen LogP contribution >= 0.6 is 0 Å². The van der Waals surface area contributed by atoms with Crippen LogP contribution in [0.2, 0.25) is 0 Å². The average molecular weight is 377 g/mol. The first-order chi connectivity index (χ1) is 10.9. The zero-order valence-electron chi connectivity index (χ0n) is 13.4. The molecule has 0 saturated carbocycles. The van der Waals surface area contributed by atoms with E-state index in [-0.39, 0.29) is 86.9 Å². The first kappa shape index (κ1) is 22.2. The van der Waals surface area contributed by atoms with E-state index in [2.05, 4.69) is 16.3 Å². The summed E-state index contributed by atoms with van der Waals surface area (Å²) in [5.41, 5.74) is 5.46. The Morgan fingerprint density at radius 3 is 2.40 bits per heavy atom. The van der Waals surface area contributed by atoms with E-state index in [9.17, 15) is 13.2 Å². The fraction of sp³-hybridized carbons (Fsp3) is 0. The monoisotopic (exact) mass is 377 g/mol. The number of rotatable bonds is 3. The van der Waals surface area contributed by atoms with Crippen LogP contribution in [0.1, 0.15) is 0 Å². The number of nitrogens with two attached hydrogens (primary N) is 1. The molecule has 0 radical (unpaired) electrons. The quantitative estimate of drug-likeness (QED) is 0.206. The Hall–Kier alpha value is -0.840. The molecule has 118 valence electrons. The third kappa shape index (κ3) is 4.87. The second-order valence-corrected chi connectivity index (χ2v) is 5.56. The van der Waals surface area contributed by atoms with Gasteiger partial charge in [0.05, 0.1) is 5.56 Å². The fourth-order valence-corrected chi connectivity index (χ4v) is 2.43. The maximum atomic E-state index is 12.7. The first-order valence-corrected chi connectivity index (χ1v) is 7.63. The van der Waals surface area contributed by atoms with Gasteiger partial charge in [0.15, 0.2) is 5.43 Å². The maximum absolute atomic E-state index is 12.7. The van der Waals surface area contributed by atoms with Crippen LogP contribution in [0.5, 0.6) is 5.95 Å². The zero-order chi connectivity index (χ0) is 16.6. The second-order valence-electron chi connectivity index (χ2n) is 4.54. The van der Waals surface area contributed by atoms with Gasteiger partial charge in [0.25, 0.3) is 0 Å². The molecule has 0 aliphatic carbocycles. The Kier molecular flexibility index (Phi) is 7.72. The summed E-state index contributed by atoms with van der Waals surface area (Å²) in [6.07, 6.45) is 0. The van der Waals surface area contributed by atoms with E-state index in [0.717, 1.165) is 0 Å². The summed E-state index contributed by atoms with van der Waals surface area (Å²) in [6.45, 7) is 0. The van der Waals surface area contributed by atoms with Gasteiger partial charge >= 0.3 is 75.5 Å². The van der Waals surface area contributed by atoms with Crippen molar-refractivity contribution in [3.63, 3.8) is 0 Å². The van der Waals surface area contributed by atoms with Crippen LogP contribution in [0.15, 0.2) is 45.6 Å². The van der Waals surface area contributed by atoms with E-state index in [4.69, 9.17) is 14.7 Å². The zero-order valence-corrected chi connectivity index (χ0v) is 18.3. The summed E-state index contributed by atoms with van der Waals surface area (Å²) in [7, 11) is -4.90. The summed E-state index contributed by atoms with van der Waals surface area (Å²) in [4.78, 5) is 12.7. The summed E-state index contributed by atoms with van der Waals surface area (Å²) in [5, 5.41) is 0.189. The largest absolute Gasteiger partial charge is 1.00 e. The topological polar surface area (TPSA) is 120 Å². The summed E-state index contributed by atoms with van der Waals surface area (Å²) in [5.74, 6) is -0.678. The van der Waals surface area contributed by atoms with Crippen molar-refractivity contribution in [2.45, 2.75) is 0 Å². The van der Waals surface area contributed by atoms with Crippen LogP contribution in [0.25, 0.3) is 22.1 Å². The van der Waals surface area contributed by atoms with Gasteiger partial charge in [-0.1, -0.05) is 11.3 Å². The first-order valence-electron chi connectivity index (χ1n) is 6.26. The average Bonchev–Trinajstić information content (AvgIpc) is 2.47. The molecular weight excluding hydrogens is 368 g/mol. The molecule has 1 heterocycles. The van der Waals surface area contributed by atoms with E-state index in [0.29, 0.717) is 0 Å². The molecule has 7 nitrogen and oxygen atoms in total. The number of hydrogen-bond donors (Lipinski definition) is 2. The molecular formula is C15H9NNa2O6S. The SMILES string of the molecule is Nc1c[c-]ccc1-c1c(OS(=O)(=O)O)oc2c[c-]ccc2c1=O.[Na+].[Na+]. The molecule has 0 saturated heterocycles. The number of fused-ring (bicyclic) bond motifs is 1. The molecule has 0 spiro atoms. The van der Waals surface area contributed by atoms with E-state index in [1.807, 2.05) is 0 Å². The van der Waals surface area contributed by atoms with Gasteiger partial charge in [0, 0.05) is 5.58 Å². The van der Waals surface area contributed by atoms with E-state index < -0.39 is 21.8 Å². The summed E-state index contributed by atoms with van der Waals surface area (Å²) in [6, 6.07) is 14.1. The molecule has 2 aromatic carbocycles. The van der Waals surface area contributed by atoms with E-state index in [1.54, 1.807) is 0 Å². The Bertz CT molecular complexity index is 1070. The second kappa shape index (κ2) is 8.70. The van der Waals surface area contributed by atoms with Gasteiger partial charge < -0.3 is 14.3 Å². The van der Waals surface area contributed by atoms with Gasteiger partial charge in [-0.3, -0.25) is 9.35 Å². The normalized spacial score (nSPS) is 10.6. The van der Waals surface area contributed by atoms with Crippen molar-refractivity contribution in [1.82, 2.24) is 0 Å². The Labute approximate surface area is 187 Å². The van der Waals surface area contributed by atoms with Gasteiger partial charge in [-0.2, -0.15) is 50.9 Å². The number of benzene rings is 2. The van der Waals surface area contributed by atoms with Crippen molar-refractivity contribution in [2.75, 3.05) is 5.73 Å². The number of hydrogen-bond acceptors (Lipinski definition) is 6. The predicted octanol–water partition coefficient (Wildman–Crippen LogP) is -4.17. The molecule has 10 heteroatoms. The van der Waals surface area contributed by atoms with Crippen molar-refractivity contribution < 1.29 is 80.7 Å². The third-order valence-corrected chi connectivity index (χ3v) is 3.41. The van der Waals surface area contributed by atoms with Crippen LogP contribution in [-0.4, -0.2) is 13.0 Å². The van der Waals surface area contributed by atoms with Crippen LogP contribution < -0.4 is 74.5 Å². The summed E-state index contributed by atoms with van der Waals surface area (Å²) >= 11 is 0. The minimum Gasteiger partial charge on any atom is -0.488 e. The van der Waals surface area contributed by atoms with Crippen molar-refractivity contribution in [3.8, 4) is 17.1 Å². The molecule has 0 fully saturated rings. The molecule has 1 aromatic heterocycles. The molecule has 3 aromatic rings. The Balaban J connectivity index is 0.00000156. The molecule has 3 N–H and O–H groups in total. The van der Waals surface area contributed by atoms with Crippen molar-refractivity contribution >= 4 is 27.1 Å². The third-order valence-electron chi connectivity index (χ3n) is 3.05. The van der Waals surface area contributed by atoms with E-state index in [1.165, 1.54) is 36.4 Å². The Morgan fingerprint density at radius 2 is 1.76 bits per heavy atom. The minimum absolute atomic E-state index is 0. The standard InChI is InChI=1S/C15H9NO6S.2Na/c16-11-7-3-1-5-9(11)13-14(17)10-6-2-4-8-12(10)21-15(13)22-23(18,19)20;;/h1-2,5-8H,16H2,(H,18,19,20);;/q-2;2*+1. The fourth-order valence-electron chi connectivity index (χ4n) is 2.12. The van der Waals surface area contributed by atoms with Gasteiger partial charge in [-0.15, -0.1) is 6.07 Å². The molecule has 0 aliphatic heterocycles. The van der Waals surface area contributed by atoms with Crippen molar-refractivity contribution in [2.24, 2.45) is 0 Å². The smallest absolute Gasteiger partial charge is 0.488 e. The molecule has 0 aliphatic rings. The minimum atomic E-state index is -4.90. The molecule has 0 amide bonds. The van der Waals surface area contributed by atoms with Crippen LogP contribution in [0.4, 0.5) is 5.69 Å². The van der Waals surface area contributed by atoms with E-state index >= 15 is 0 Å².